The molecule has 0 spiro atoms. The Hall–Kier alpha value is -1.92. The van der Waals surface area contributed by atoms with Crippen LogP contribution in [0.4, 0.5) is 0 Å². The number of piperidine rings is 2. The summed E-state index contributed by atoms with van der Waals surface area (Å²) >= 11 is 5.28. The van der Waals surface area contributed by atoms with Crippen LogP contribution in [0.2, 0.25) is 0 Å². The summed E-state index contributed by atoms with van der Waals surface area (Å²) in [5.74, 6) is 0.902. The van der Waals surface area contributed by atoms with Crippen molar-refractivity contribution in [1.29, 1.82) is 0 Å². The first-order valence-electron chi connectivity index (χ1n) is 11.4. The van der Waals surface area contributed by atoms with E-state index in [2.05, 4.69) is 63.8 Å². The molecule has 3 saturated heterocycles. The monoisotopic (exact) mass is 426 g/mol. The predicted octanol–water partition coefficient (Wildman–Crippen LogP) is 3.03. The van der Waals surface area contributed by atoms with Crippen molar-refractivity contribution in [2.45, 2.75) is 57.2 Å². The molecule has 0 radical (unpaired) electrons. The van der Waals surface area contributed by atoms with Gasteiger partial charge in [-0.2, -0.15) is 0 Å². The first-order valence-corrected chi connectivity index (χ1v) is 11.8. The molecule has 0 bridgehead atoms. The summed E-state index contributed by atoms with van der Waals surface area (Å²) in [5, 5.41) is 7.19. The summed E-state index contributed by atoms with van der Waals surface area (Å²) in [4.78, 5) is 17.9. The van der Waals surface area contributed by atoms with Gasteiger partial charge in [0.2, 0.25) is 5.91 Å². The van der Waals surface area contributed by atoms with Crippen LogP contribution in [0.3, 0.4) is 0 Å². The van der Waals surface area contributed by atoms with E-state index in [1.807, 2.05) is 6.07 Å². The van der Waals surface area contributed by atoms with Crippen LogP contribution in [0, 0.1) is 5.92 Å². The van der Waals surface area contributed by atoms with E-state index in [0.29, 0.717) is 35.4 Å². The van der Waals surface area contributed by atoms with Crippen LogP contribution in [-0.2, 0) is 4.79 Å². The van der Waals surface area contributed by atoms with Crippen molar-refractivity contribution in [1.82, 2.24) is 20.4 Å². The van der Waals surface area contributed by atoms with Crippen LogP contribution in [0.5, 0.6) is 0 Å². The van der Waals surface area contributed by atoms with Crippen molar-refractivity contribution in [3.63, 3.8) is 0 Å². The molecule has 3 aliphatic rings. The molecule has 1 amide bonds. The second kappa shape index (κ2) is 9.92. The van der Waals surface area contributed by atoms with E-state index in [1.165, 1.54) is 12.0 Å². The van der Waals surface area contributed by atoms with Gasteiger partial charge in [0.15, 0.2) is 5.11 Å². The van der Waals surface area contributed by atoms with Gasteiger partial charge in [-0.15, -0.1) is 0 Å². The summed E-state index contributed by atoms with van der Waals surface area (Å²) < 4.78 is 0. The molecule has 3 aliphatic heterocycles. The summed E-state index contributed by atoms with van der Waals surface area (Å²) in [6.07, 6.45) is 9.42. The minimum atomic E-state index is 0.157. The van der Waals surface area contributed by atoms with Gasteiger partial charge in [0.1, 0.15) is 0 Å². The molecule has 162 valence electrons. The van der Waals surface area contributed by atoms with Crippen molar-refractivity contribution >= 4 is 29.3 Å². The molecule has 4 rings (SSSR count). The van der Waals surface area contributed by atoms with Gasteiger partial charge in [-0.1, -0.05) is 42.5 Å². The third-order valence-corrected chi connectivity index (χ3v) is 6.95. The largest absolute Gasteiger partial charge is 0.360 e. The Kier molecular flexibility index (Phi) is 7.05. The molecule has 6 heteroatoms. The number of benzene rings is 1. The number of carbonyl (C=O) groups excluding carboxylic acids is 1. The third kappa shape index (κ3) is 5.41. The molecule has 1 aromatic rings. The van der Waals surface area contributed by atoms with Crippen LogP contribution in [0.15, 0.2) is 36.4 Å². The molecular weight excluding hydrogens is 392 g/mol. The molecule has 0 aliphatic carbocycles. The van der Waals surface area contributed by atoms with E-state index in [4.69, 9.17) is 12.2 Å². The Morgan fingerprint density at radius 1 is 1.20 bits per heavy atom. The first-order chi connectivity index (χ1) is 14.6. The number of rotatable bonds is 5. The number of nitrogens with one attached hydrogen (secondary N) is 2. The Labute approximate surface area is 185 Å². The molecule has 0 aromatic heterocycles. The van der Waals surface area contributed by atoms with Crippen LogP contribution < -0.4 is 10.6 Å². The average Bonchev–Trinajstić information content (AvgIpc) is 2.73. The van der Waals surface area contributed by atoms with Crippen LogP contribution in [0.25, 0.3) is 6.08 Å². The highest BCUT2D eigenvalue weighted by atomic mass is 32.1. The third-order valence-electron chi connectivity index (χ3n) is 6.72. The number of hydrogen-bond donors (Lipinski definition) is 2. The van der Waals surface area contributed by atoms with Gasteiger partial charge in [0.05, 0.1) is 0 Å². The van der Waals surface area contributed by atoms with Gasteiger partial charge in [-0.3, -0.25) is 9.69 Å². The lowest BCUT2D eigenvalue weighted by Gasteiger charge is -2.47. The fourth-order valence-corrected chi connectivity index (χ4v) is 5.68. The number of thiocarbonyl (C=S) groups is 1. The van der Waals surface area contributed by atoms with Gasteiger partial charge in [0, 0.05) is 50.7 Å². The lowest BCUT2D eigenvalue weighted by molar-refractivity contribution is -0.138. The van der Waals surface area contributed by atoms with Gasteiger partial charge in [-0.25, -0.2) is 0 Å². The predicted molar refractivity (Wildman–Crippen MR) is 126 cm³/mol. The minimum absolute atomic E-state index is 0.157. The van der Waals surface area contributed by atoms with Gasteiger partial charge in [-0.05, 0) is 56.3 Å². The number of carbonyl (C=O) groups is 1. The lowest BCUT2D eigenvalue weighted by atomic mass is 9.83. The lowest BCUT2D eigenvalue weighted by Crippen LogP contribution is -2.58. The molecule has 30 heavy (non-hydrogen) atoms. The number of amides is 1. The van der Waals surface area contributed by atoms with E-state index < -0.39 is 0 Å². The molecule has 0 saturated carbocycles. The van der Waals surface area contributed by atoms with E-state index in [9.17, 15) is 4.79 Å². The molecule has 3 heterocycles. The summed E-state index contributed by atoms with van der Waals surface area (Å²) in [6, 6.07) is 11.4. The summed E-state index contributed by atoms with van der Waals surface area (Å²) in [7, 11) is 0. The van der Waals surface area contributed by atoms with Crippen molar-refractivity contribution in [3.05, 3.63) is 42.0 Å². The molecule has 2 N–H and O–H groups in total. The second-order valence-corrected chi connectivity index (χ2v) is 9.48. The Morgan fingerprint density at radius 3 is 2.83 bits per heavy atom. The normalized spacial score (nSPS) is 29.9. The summed E-state index contributed by atoms with van der Waals surface area (Å²) in [5.41, 5.74) is 1.25. The van der Waals surface area contributed by atoms with E-state index >= 15 is 0 Å². The zero-order valence-electron chi connectivity index (χ0n) is 17.9. The standard InChI is InChI=1S/C24H34N4OS/c1-18-15-21(26-24(30)25-18)16-23(29)28-13-6-10-20-17-27(14-11-22(20)28)12-5-9-19-7-3-2-4-8-19/h2-5,7-9,18,20-22H,6,10-17H2,1H3,(H2,25,26,30)/b9-5+/t18-,20-,21+,22-/m1/s1. The first kappa shape index (κ1) is 21.3. The van der Waals surface area contributed by atoms with Gasteiger partial charge < -0.3 is 15.5 Å². The zero-order chi connectivity index (χ0) is 20.9. The van der Waals surface area contributed by atoms with Crippen molar-refractivity contribution in [2.24, 2.45) is 5.92 Å². The number of fused-ring (bicyclic) bond motifs is 1. The Balaban J connectivity index is 1.29. The molecule has 0 unspecified atom stereocenters. The SMILES string of the molecule is C[C@@H]1C[C@@H](CC(=O)N2CCC[C@@H]3CN(C/C=C/c4ccccc4)CC[C@H]32)NC(=S)N1. The number of nitrogens with zero attached hydrogens (tertiary/aromatic N) is 2. The molecular formula is C24H34N4OS. The van der Waals surface area contributed by atoms with Gasteiger partial charge in [0.25, 0.3) is 0 Å². The van der Waals surface area contributed by atoms with Gasteiger partial charge >= 0.3 is 0 Å². The maximum atomic E-state index is 13.1. The smallest absolute Gasteiger partial charge is 0.224 e. The average molecular weight is 427 g/mol. The number of hydrogen-bond acceptors (Lipinski definition) is 3. The summed E-state index contributed by atoms with van der Waals surface area (Å²) in [6.45, 7) is 6.19. The van der Waals surface area contributed by atoms with Crippen molar-refractivity contribution < 1.29 is 4.79 Å². The van der Waals surface area contributed by atoms with E-state index in [0.717, 1.165) is 45.4 Å². The van der Waals surface area contributed by atoms with E-state index in [1.54, 1.807) is 0 Å². The van der Waals surface area contributed by atoms with Crippen LogP contribution in [0.1, 0.15) is 44.6 Å². The molecule has 3 fully saturated rings. The quantitative estimate of drug-likeness (QED) is 0.709. The fourth-order valence-electron chi connectivity index (χ4n) is 5.31. The second-order valence-electron chi connectivity index (χ2n) is 9.07. The maximum absolute atomic E-state index is 13.1. The minimum Gasteiger partial charge on any atom is -0.360 e. The highest BCUT2D eigenvalue weighted by molar-refractivity contribution is 7.80. The Bertz CT molecular complexity index is 768. The van der Waals surface area contributed by atoms with Crippen LogP contribution >= 0.6 is 12.2 Å². The number of likely N-dealkylation sites (tertiary alicyclic amines) is 2. The molecule has 4 atom stereocenters. The highest BCUT2D eigenvalue weighted by Gasteiger charge is 2.38. The topological polar surface area (TPSA) is 47.6 Å². The van der Waals surface area contributed by atoms with E-state index in [-0.39, 0.29) is 6.04 Å². The zero-order valence-corrected chi connectivity index (χ0v) is 18.7. The van der Waals surface area contributed by atoms with Crippen molar-refractivity contribution in [2.75, 3.05) is 26.2 Å². The molecule has 5 nitrogen and oxygen atoms in total. The highest BCUT2D eigenvalue weighted by Crippen LogP contribution is 2.31. The van der Waals surface area contributed by atoms with Crippen molar-refractivity contribution in [3.8, 4) is 0 Å². The molecule has 1 aromatic carbocycles. The fraction of sp³-hybridized carbons (Fsp3) is 0.583. The Morgan fingerprint density at radius 2 is 2.03 bits per heavy atom. The van der Waals surface area contributed by atoms with Crippen LogP contribution in [-0.4, -0.2) is 65.1 Å². The maximum Gasteiger partial charge on any atom is 0.224 e.